The van der Waals surface area contributed by atoms with Gasteiger partial charge < -0.3 is 15.4 Å². The van der Waals surface area contributed by atoms with Crippen LogP contribution in [0.3, 0.4) is 0 Å². The van der Waals surface area contributed by atoms with Crippen molar-refractivity contribution in [1.29, 1.82) is 0 Å². The molecule has 15 heteroatoms. The lowest BCUT2D eigenvalue weighted by atomic mass is 9.84. The number of likely N-dealkylation sites (N-methyl/N-ethyl adjacent to an activating group) is 1. The Morgan fingerprint density at radius 1 is 0.981 bits per heavy atom. The van der Waals surface area contributed by atoms with Crippen molar-refractivity contribution in [1.82, 2.24) is 35.2 Å². The van der Waals surface area contributed by atoms with E-state index in [9.17, 15) is 27.6 Å². The van der Waals surface area contributed by atoms with Gasteiger partial charge in [-0.1, -0.05) is 36.9 Å². The first-order chi connectivity index (χ1) is 26.0. The molecule has 0 unspecified atom stereocenters. The van der Waals surface area contributed by atoms with Gasteiger partial charge in [0.15, 0.2) is 0 Å². The Kier molecular flexibility index (Phi) is 10.6. The van der Waals surface area contributed by atoms with Crippen LogP contribution in [-0.2, 0) is 27.0 Å². The second-order valence-electron chi connectivity index (χ2n) is 13.6. The quantitative estimate of drug-likeness (QED) is 0.223. The number of hydrogen-bond donors (Lipinski definition) is 2. The number of para-hydroxylation sites is 1. The molecule has 2 N–H and O–H groups in total. The summed E-state index contributed by atoms with van der Waals surface area (Å²) in [7, 11) is 0. The number of piperazine rings is 1. The Morgan fingerprint density at radius 2 is 1.72 bits per heavy atom. The predicted octanol–water partition coefficient (Wildman–Crippen LogP) is 3.77. The summed E-state index contributed by atoms with van der Waals surface area (Å²) in [5.74, 6) is -2.02. The van der Waals surface area contributed by atoms with Crippen LogP contribution in [0.15, 0.2) is 91.1 Å². The first-order valence-corrected chi connectivity index (χ1v) is 17.9. The van der Waals surface area contributed by atoms with E-state index in [1.807, 2.05) is 30.3 Å². The van der Waals surface area contributed by atoms with Crippen molar-refractivity contribution >= 4 is 23.5 Å². The fraction of sp³-hybridized carbons (Fsp3) is 0.359. The van der Waals surface area contributed by atoms with Gasteiger partial charge >= 0.3 is 6.18 Å². The number of pyridine rings is 1. The van der Waals surface area contributed by atoms with Gasteiger partial charge in [0, 0.05) is 56.0 Å². The number of halogens is 3. The molecule has 0 bridgehead atoms. The molecule has 54 heavy (non-hydrogen) atoms. The number of fused-ring (bicyclic) bond motifs is 1. The molecule has 7 rings (SSSR count). The van der Waals surface area contributed by atoms with Gasteiger partial charge in [0.25, 0.3) is 11.8 Å². The summed E-state index contributed by atoms with van der Waals surface area (Å²) < 4.78 is 47.6. The smallest absolute Gasteiger partial charge is 0.378 e. The zero-order valence-electron chi connectivity index (χ0n) is 29.8. The third kappa shape index (κ3) is 7.65. The van der Waals surface area contributed by atoms with Crippen molar-refractivity contribution in [2.45, 2.75) is 37.6 Å². The molecule has 2 saturated heterocycles. The van der Waals surface area contributed by atoms with Gasteiger partial charge in [0.05, 0.1) is 60.6 Å². The van der Waals surface area contributed by atoms with Crippen LogP contribution in [0.1, 0.15) is 45.7 Å². The Labute approximate surface area is 310 Å². The number of amides is 3. The number of ether oxygens (including phenoxy) is 1. The molecule has 2 aromatic carbocycles. The third-order valence-corrected chi connectivity index (χ3v) is 10.1. The lowest BCUT2D eigenvalue weighted by Gasteiger charge is -2.42. The first-order valence-electron chi connectivity index (χ1n) is 17.9. The average Bonchev–Trinajstić information content (AvgIpc) is 3.58. The van der Waals surface area contributed by atoms with Gasteiger partial charge in [-0.2, -0.15) is 18.3 Å². The van der Waals surface area contributed by atoms with Crippen LogP contribution >= 0.6 is 0 Å². The maximum absolute atomic E-state index is 14.4. The summed E-state index contributed by atoms with van der Waals surface area (Å²) in [5.41, 5.74) is 1.39. The molecule has 3 amide bonds. The van der Waals surface area contributed by atoms with Gasteiger partial charge in [-0.15, -0.1) is 0 Å². The lowest BCUT2D eigenvalue weighted by molar-refractivity contribution is -0.137. The summed E-state index contributed by atoms with van der Waals surface area (Å²) in [6.45, 7) is 11.6. The number of nitrogens with zero attached hydrogens (tertiary/aromatic N) is 6. The molecule has 0 spiro atoms. The number of rotatable bonds is 11. The Hall–Kier alpha value is -5.38. The second kappa shape index (κ2) is 15.5. The molecule has 4 aromatic rings. The second-order valence-corrected chi connectivity index (χ2v) is 13.6. The summed E-state index contributed by atoms with van der Waals surface area (Å²) in [4.78, 5) is 52.1. The monoisotopic (exact) mass is 742 g/mol. The number of carbonyl (C=O) groups excluding carboxylic acids is 3. The van der Waals surface area contributed by atoms with Crippen LogP contribution in [0.2, 0.25) is 0 Å². The summed E-state index contributed by atoms with van der Waals surface area (Å²) in [6.07, 6.45) is -3.04. The Balaban J connectivity index is 1.13. The van der Waals surface area contributed by atoms with Crippen molar-refractivity contribution in [2.75, 3.05) is 57.4 Å². The topological polar surface area (TPSA) is 125 Å². The number of alkyl halides is 3. The van der Waals surface area contributed by atoms with Crippen molar-refractivity contribution in [2.24, 2.45) is 0 Å². The number of nitrogens with one attached hydrogen (secondary N) is 2. The van der Waals surface area contributed by atoms with Crippen LogP contribution in [0.25, 0.3) is 5.69 Å². The van der Waals surface area contributed by atoms with E-state index in [2.05, 4.69) is 32.1 Å². The highest BCUT2D eigenvalue weighted by molar-refractivity contribution is 6.05. The van der Waals surface area contributed by atoms with Crippen molar-refractivity contribution in [3.8, 4) is 5.69 Å². The van der Waals surface area contributed by atoms with Gasteiger partial charge in [-0.25, -0.2) is 4.68 Å². The van der Waals surface area contributed by atoms with Crippen LogP contribution in [0.5, 0.6) is 0 Å². The fourth-order valence-corrected chi connectivity index (χ4v) is 7.17. The third-order valence-electron chi connectivity index (χ3n) is 10.1. The highest BCUT2D eigenvalue weighted by Gasteiger charge is 2.45. The molecule has 0 radical (unpaired) electrons. The zero-order valence-corrected chi connectivity index (χ0v) is 29.8. The standard InChI is InChI=1S/C39H41F3N8O4/c1-3-49-37-31(21-44-50(37)29-12-5-4-6-13-29)33(34(38(49)53)46-36(52)26-9-7-10-27(19-26)39(40,41)42)32-14-8-11-28(45-32)20-43-35(51)25(2)22-47-15-17-48(18-16-47)30-23-54-24-30/h4-14,19,21,30,33-34H,2-3,15-18,20,22-24H2,1H3,(H,43,51)(H,46,52)/t33-,34-/m0/s1. The first kappa shape index (κ1) is 37.0. The molecule has 12 nitrogen and oxygen atoms in total. The number of aromatic nitrogens is 3. The largest absolute Gasteiger partial charge is 0.416 e. The number of carbonyl (C=O) groups is 3. The van der Waals surface area contributed by atoms with Gasteiger partial charge in [0.1, 0.15) is 11.9 Å². The van der Waals surface area contributed by atoms with E-state index in [0.717, 1.165) is 57.6 Å². The molecular weight excluding hydrogens is 701 g/mol. The normalized spacial score (nSPS) is 19.6. The van der Waals surface area contributed by atoms with E-state index in [4.69, 9.17) is 9.72 Å². The van der Waals surface area contributed by atoms with E-state index < -0.39 is 35.5 Å². The van der Waals surface area contributed by atoms with Crippen molar-refractivity contribution < 1.29 is 32.3 Å². The highest BCUT2D eigenvalue weighted by Crippen LogP contribution is 2.41. The summed E-state index contributed by atoms with van der Waals surface area (Å²) in [5, 5.41) is 10.3. The molecular formula is C39H41F3N8O4. The van der Waals surface area contributed by atoms with Crippen LogP contribution in [-0.4, -0.2) is 107 Å². The Morgan fingerprint density at radius 3 is 2.41 bits per heavy atom. The molecule has 282 valence electrons. The average molecular weight is 743 g/mol. The molecule has 0 saturated carbocycles. The van der Waals surface area contributed by atoms with E-state index in [1.165, 1.54) is 11.0 Å². The van der Waals surface area contributed by atoms with Gasteiger partial charge in [-0.05, 0) is 49.4 Å². The van der Waals surface area contributed by atoms with Crippen molar-refractivity contribution in [3.05, 3.63) is 119 Å². The summed E-state index contributed by atoms with van der Waals surface area (Å²) in [6, 6.07) is 17.7. The molecule has 2 atom stereocenters. The molecule has 2 aromatic heterocycles. The maximum Gasteiger partial charge on any atom is 0.416 e. The Bertz CT molecular complexity index is 2030. The predicted molar refractivity (Wildman–Crippen MR) is 194 cm³/mol. The van der Waals surface area contributed by atoms with Crippen LogP contribution in [0.4, 0.5) is 19.0 Å². The van der Waals surface area contributed by atoms with Crippen LogP contribution in [0, 0.1) is 0 Å². The highest BCUT2D eigenvalue weighted by atomic mass is 19.4. The lowest BCUT2D eigenvalue weighted by Crippen LogP contribution is -2.56. The van der Waals surface area contributed by atoms with E-state index in [-0.39, 0.29) is 24.6 Å². The number of benzene rings is 2. The zero-order chi connectivity index (χ0) is 38.0. The van der Waals surface area contributed by atoms with E-state index in [0.29, 0.717) is 46.6 Å². The molecule has 2 fully saturated rings. The molecule has 0 aliphatic carbocycles. The fourth-order valence-electron chi connectivity index (χ4n) is 7.17. The number of hydrogen-bond acceptors (Lipinski definition) is 8. The van der Waals surface area contributed by atoms with Crippen LogP contribution < -0.4 is 15.5 Å². The van der Waals surface area contributed by atoms with Gasteiger partial charge in [-0.3, -0.25) is 34.1 Å². The summed E-state index contributed by atoms with van der Waals surface area (Å²) >= 11 is 0. The molecule has 3 aliphatic heterocycles. The minimum atomic E-state index is -4.66. The van der Waals surface area contributed by atoms with Crippen molar-refractivity contribution in [3.63, 3.8) is 0 Å². The molecule has 3 aliphatic rings. The molecule has 5 heterocycles. The minimum absolute atomic E-state index is 0.0697. The van der Waals surface area contributed by atoms with E-state index in [1.54, 1.807) is 36.0 Å². The minimum Gasteiger partial charge on any atom is -0.378 e. The van der Waals surface area contributed by atoms with E-state index >= 15 is 0 Å². The van der Waals surface area contributed by atoms with Gasteiger partial charge in [0.2, 0.25) is 5.91 Å². The maximum atomic E-state index is 14.4. The number of anilines is 1. The SMILES string of the molecule is C=C(CN1CCN(C2COC2)CC1)C(=O)NCc1cccc([C@@H]2c3cnn(-c4ccccc4)c3N(CC)C(=O)[C@H]2NC(=O)c2cccc(C(F)(F)F)c2)n1.